The number of hydrogen-bond donors (Lipinski definition) is 6. The summed E-state index contributed by atoms with van der Waals surface area (Å²) in [5.74, 6) is -6.42. The first-order chi connectivity index (χ1) is 53.7. The Labute approximate surface area is 642 Å². The van der Waals surface area contributed by atoms with Gasteiger partial charge in [-0.1, -0.05) is 204 Å². The molecule has 0 saturated carbocycles. The van der Waals surface area contributed by atoms with Crippen molar-refractivity contribution in [3.8, 4) is 0 Å². The maximum absolute atomic E-state index is 14.7. The van der Waals surface area contributed by atoms with Crippen molar-refractivity contribution in [2.24, 2.45) is 17.8 Å². The largest absolute Gasteiger partial charge is 0.481 e. The van der Waals surface area contributed by atoms with Gasteiger partial charge in [0.1, 0.15) is 17.5 Å². The Kier molecular flexibility index (Phi) is 33.4. The Morgan fingerprint density at radius 2 is 0.964 bits per heavy atom. The lowest BCUT2D eigenvalue weighted by Crippen LogP contribution is -2.31. The Morgan fingerprint density at radius 3 is 1.41 bits per heavy atom. The van der Waals surface area contributed by atoms with Crippen molar-refractivity contribution in [2.75, 3.05) is 16.0 Å². The summed E-state index contributed by atoms with van der Waals surface area (Å²) in [5.41, 5.74) is 10.3. The summed E-state index contributed by atoms with van der Waals surface area (Å²) in [7, 11) is 0. The lowest BCUT2D eigenvalue weighted by atomic mass is 10.00. The fourth-order valence-corrected chi connectivity index (χ4v) is 12.6. The minimum atomic E-state index is -1.07. The van der Waals surface area contributed by atoms with Crippen LogP contribution in [0.5, 0.6) is 0 Å². The number of aryl methyl sites for hydroxylation is 1. The van der Waals surface area contributed by atoms with Crippen LogP contribution in [-0.2, 0) is 52.8 Å². The number of cyclic esters (lactones) is 2. The Morgan fingerprint density at radius 1 is 0.532 bits per heavy atom. The maximum atomic E-state index is 14.7. The van der Waals surface area contributed by atoms with Crippen LogP contribution in [0, 0.1) is 42.1 Å². The molecule has 5 heterocycles. The average molecular weight is 1510 g/mol. The molecule has 3 unspecified atom stereocenters. The van der Waals surface area contributed by atoms with Crippen LogP contribution in [0.4, 0.5) is 30.2 Å². The van der Waals surface area contributed by atoms with E-state index in [0.29, 0.717) is 81.5 Å². The molecule has 10 aromatic rings. The van der Waals surface area contributed by atoms with Crippen molar-refractivity contribution in [3.05, 3.63) is 282 Å². The van der Waals surface area contributed by atoms with E-state index < -0.39 is 47.1 Å². The summed E-state index contributed by atoms with van der Waals surface area (Å²) in [4.78, 5) is 108. The molecule has 2 saturated heterocycles. The van der Waals surface area contributed by atoms with Crippen LogP contribution in [0.15, 0.2) is 209 Å². The van der Waals surface area contributed by atoms with E-state index in [1.54, 1.807) is 72.8 Å². The summed E-state index contributed by atoms with van der Waals surface area (Å²) in [6, 6.07) is 45.0. The third kappa shape index (κ3) is 25.8. The van der Waals surface area contributed by atoms with Crippen LogP contribution in [0.1, 0.15) is 176 Å². The number of nitrogen functional groups attached to an aromatic ring is 1. The maximum Gasteiger partial charge on any atom is 0.317 e. The Bertz CT molecular complexity index is 5110. The highest BCUT2D eigenvalue weighted by molar-refractivity contribution is 6.21. The molecule has 0 spiro atoms. The number of rotatable bonds is 29. The molecule has 2 fully saturated rings. The molecule has 111 heavy (non-hydrogen) atoms. The Balaban J connectivity index is 0.000000188. The fraction of sp³-hybridized carbons (Fsp3) is 0.318. The van der Waals surface area contributed by atoms with Crippen molar-refractivity contribution in [2.45, 2.75) is 163 Å². The van der Waals surface area contributed by atoms with Gasteiger partial charge >= 0.3 is 17.9 Å². The summed E-state index contributed by atoms with van der Waals surface area (Å²) in [6.07, 6.45) is 27.6. The predicted molar refractivity (Wildman–Crippen MR) is 428 cm³/mol. The van der Waals surface area contributed by atoms with Crippen molar-refractivity contribution in [1.29, 1.82) is 0 Å². The number of anilines is 3. The van der Waals surface area contributed by atoms with E-state index in [1.807, 2.05) is 66.8 Å². The van der Waals surface area contributed by atoms with Crippen LogP contribution in [-0.4, -0.2) is 71.3 Å². The first-order valence-electron chi connectivity index (χ1n) is 37.8. The number of carbonyl (C=O) groups is 6. The molecule has 3 aromatic heterocycles. The van der Waals surface area contributed by atoms with Crippen molar-refractivity contribution < 1.29 is 51.8 Å². The van der Waals surface area contributed by atoms with E-state index in [2.05, 4.69) is 92.6 Å². The number of imide groups is 1. The zero-order chi connectivity index (χ0) is 79.6. The lowest BCUT2D eigenvalue weighted by molar-refractivity contribution is -0.153. The normalized spacial score (nSPS) is 14.2. The van der Waals surface area contributed by atoms with Crippen molar-refractivity contribution >= 4 is 85.0 Å². The molecule has 2 aliphatic rings. The number of carboxylic acid groups (broad SMARTS) is 1. The van der Waals surface area contributed by atoms with Gasteiger partial charge in [-0.2, -0.15) is 15.3 Å². The number of amides is 3. The number of esters is 2. The molecule has 0 bridgehead atoms. The monoisotopic (exact) mass is 1510 g/mol. The number of fused-ring (bicyclic) bond motifs is 3. The summed E-state index contributed by atoms with van der Waals surface area (Å²) in [5, 5.41) is 35.6. The minimum absolute atomic E-state index is 0.0273. The number of hydrogen-bond acceptors (Lipinski definition) is 14. The molecular formula is C88H96F3N9O11. The second-order valence-electron chi connectivity index (χ2n) is 27.3. The molecule has 580 valence electrons. The minimum Gasteiger partial charge on any atom is -0.481 e. The topological polar surface area (TPSA) is 310 Å². The van der Waals surface area contributed by atoms with Crippen LogP contribution in [0.3, 0.4) is 0 Å². The third-order valence-electron chi connectivity index (χ3n) is 18.7. The number of aromatic nitrogens is 6. The first kappa shape index (κ1) is 84.6. The molecule has 3 amide bonds. The number of nitrogens with zero attached hydrogens (tertiary/aromatic N) is 4. The predicted octanol–water partition coefficient (Wildman–Crippen LogP) is 17.1. The zero-order valence-electron chi connectivity index (χ0n) is 63.1. The number of aliphatic carboxylic acids is 1. The van der Waals surface area contributed by atoms with Crippen LogP contribution >= 0.6 is 0 Å². The van der Waals surface area contributed by atoms with Crippen LogP contribution in [0.2, 0.25) is 0 Å². The number of aromatic amines is 3. The zero-order valence-corrected chi connectivity index (χ0v) is 63.1. The molecule has 7 N–H and O–H groups in total. The highest BCUT2D eigenvalue weighted by atomic mass is 19.1. The molecule has 23 heteroatoms. The summed E-state index contributed by atoms with van der Waals surface area (Å²) >= 11 is 0. The highest BCUT2D eigenvalue weighted by Crippen LogP contribution is 2.33. The number of unbranched alkanes of at least 4 members (excludes halogenated alkanes) is 9. The molecule has 7 aromatic carbocycles. The van der Waals surface area contributed by atoms with Gasteiger partial charge < -0.3 is 20.9 Å². The number of H-pyrrole nitrogens is 3. The molecule has 20 nitrogen and oxygen atoms in total. The van der Waals surface area contributed by atoms with E-state index in [4.69, 9.17) is 5.73 Å². The molecule has 0 radical (unpaired) electrons. The van der Waals surface area contributed by atoms with E-state index in [-0.39, 0.29) is 83.2 Å². The van der Waals surface area contributed by atoms with Gasteiger partial charge in [-0.05, 0) is 136 Å². The summed E-state index contributed by atoms with van der Waals surface area (Å²) < 4.78 is 46.8. The average Bonchev–Trinajstić information content (AvgIpc) is 1.70. The fourth-order valence-electron chi connectivity index (χ4n) is 12.6. The molecule has 3 atom stereocenters. The molecule has 0 aliphatic carbocycles. The van der Waals surface area contributed by atoms with Gasteiger partial charge in [-0.25, -0.2) is 33.4 Å². The number of carboxylic acids is 1. The van der Waals surface area contributed by atoms with Gasteiger partial charge in [0.05, 0.1) is 74.5 Å². The van der Waals surface area contributed by atoms with Gasteiger partial charge in [-0.15, -0.1) is 0 Å². The van der Waals surface area contributed by atoms with Gasteiger partial charge in [-0.3, -0.25) is 43.2 Å². The van der Waals surface area contributed by atoms with E-state index in [0.717, 1.165) is 72.9 Å². The van der Waals surface area contributed by atoms with E-state index in [9.17, 15) is 61.4 Å². The van der Waals surface area contributed by atoms with Crippen LogP contribution in [0.25, 0.3) is 32.3 Å². The van der Waals surface area contributed by atoms with E-state index >= 15 is 0 Å². The first-order valence-corrected chi connectivity index (χ1v) is 37.8. The molecular weight excluding hydrogens is 1420 g/mol. The summed E-state index contributed by atoms with van der Waals surface area (Å²) in [6.45, 7) is 8.52. The number of nitrogens with one attached hydrogen (secondary N) is 4. The second-order valence-corrected chi connectivity index (χ2v) is 27.3. The lowest BCUT2D eigenvalue weighted by Gasteiger charge is -2.17. The van der Waals surface area contributed by atoms with Crippen LogP contribution < -0.4 is 32.6 Å². The number of benzene rings is 7. The number of ether oxygens (including phenoxy) is 1. The standard InChI is InChI=1S/C27H30FN3O4.C27H28FN3O3.C15H12FN3O.C12H18O3.C7H8/c1-2-3-4-5-6-7-10-19(27(34)35)17-25(32)29-24-16-18(13-14-22(24)28)15-23-20-11-8-9-12-21(20)26(33)31-30-23;1-2-3-4-5-6-7-10-19-17-25(32)31(27(19)34)24-16-18(13-14-22(24)28)15-23-20-11-8-9-12-21(20)26(33)30-29-23;16-12-6-5-9(7-13(12)17)8-14-10-3-1-2-4-11(10)15(20)19-18-14;1-2-3-4-5-6-7-8-10-9-11(13)15-12(10)14;1-7-5-3-2-4-6-7/h6-9,11-14,16,19H,2-5,10,15,17H2,1H3,(H,29,32)(H,31,33)(H,34,35);6-9,11-14,16,19H,2-5,10,15,17H2,1H3,(H,30,33);1-7H,8,17H2,(H,19,20);6-7,10H,2-5,8-9H2,1H3;2-6H,1H3/b2*7-6+;;7-6+;. The van der Waals surface area contributed by atoms with Crippen molar-refractivity contribution in [1.82, 2.24) is 30.6 Å². The van der Waals surface area contributed by atoms with Gasteiger partial charge in [0.15, 0.2) is 0 Å². The quantitative estimate of drug-likeness (QED) is 0.00634. The second kappa shape index (κ2) is 43.8. The van der Waals surface area contributed by atoms with E-state index in [1.165, 1.54) is 61.6 Å². The van der Waals surface area contributed by atoms with Gasteiger partial charge in [0.2, 0.25) is 17.7 Å². The smallest absolute Gasteiger partial charge is 0.317 e. The van der Waals surface area contributed by atoms with Gasteiger partial charge in [0.25, 0.3) is 16.7 Å². The van der Waals surface area contributed by atoms with Crippen molar-refractivity contribution in [3.63, 3.8) is 0 Å². The number of allylic oxidation sites excluding steroid dienone is 6. The third-order valence-corrected chi connectivity index (χ3v) is 18.7. The SMILES string of the molecule is CCCCC/C=C/CC(CC(=O)Nc1cc(Cc2n[nH]c(=O)c3ccccc23)ccc1F)C(=O)O.CCCCC/C=C/CC1CC(=O)N(c2cc(Cc3n[nH]c(=O)c4ccccc34)ccc2F)C1=O.CCCCC/C=C/CC1CC(=O)OC1=O.Cc1ccccc1.Nc1cc(Cc2n[nH]c(=O)c3ccccc23)ccc1F. The number of nitrogens with two attached hydrogens (primary N) is 1. The number of halogens is 3. The number of carbonyl (C=O) groups excluding carboxylic acids is 5. The molecule has 2 aliphatic heterocycles. The highest BCUT2D eigenvalue weighted by Gasteiger charge is 2.40. The molecule has 12 rings (SSSR count). The van der Waals surface area contributed by atoms with Gasteiger partial charge in [0, 0.05) is 48.3 Å². The Hall–Kier alpha value is -12.0.